The highest BCUT2D eigenvalue weighted by Crippen LogP contribution is 2.38. The number of sulfonamides is 1. The van der Waals surface area contributed by atoms with E-state index in [-0.39, 0.29) is 6.04 Å². The van der Waals surface area contributed by atoms with E-state index >= 15 is 0 Å². The maximum Gasteiger partial charge on any atom is 0.240 e. The molecule has 1 aliphatic heterocycles. The van der Waals surface area contributed by atoms with E-state index in [1.54, 1.807) is 12.1 Å². The molecule has 0 bridgehead atoms. The zero-order chi connectivity index (χ0) is 18.9. The molecule has 26 heavy (non-hydrogen) atoms. The summed E-state index contributed by atoms with van der Waals surface area (Å²) >= 11 is 0. The molecule has 1 unspecified atom stereocenters. The van der Waals surface area contributed by atoms with Crippen LogP contribution < -0.4 is 9.62 Å². The summed E-state index contributed by atoms with van der Waals surface area (Å²) in [6.07, 6.45) is 1.04. The van der Waals surface area contributed by atoms with Gasteiger partial charge in [0.05, 0.1) is 4.90 Å². The molecule has 140 valence electrons. The zero-order valence-electron chi connectivity index (χ0n) is 15.9. The van der Waals surface area contributed by atoms with Crippen LogP contribution in [0.3, 0.4) is 0 Å². The van der Waals surface area contributed by atoms with Gasteiger partial charge in [-0.15, -0.1) is 0 Å². The van der Waals surface area contributed by atoms with Crippen LogP contribution >= 0.6 is 0 Å². The Morgan fingerprint density at radius 2 is 1.73 bits per heavy atom. The third-order valence-corrected chi connectivity index (χ3v) is 6.98. The molecule has 0 aromatic heterocycles. The van der Waals surface area contributed by atoms with Crippen molar-refractivity contribution in [2.75, 3.05) is 18.5 Å². The maximum absolute atomic E-state index is 12.7. The predicted molar refractivity (Wildman–Crippen MR) is 107 cm³/mol. The van der Waals surface area contributed by atoms with Crippen LogP contribution in [0.4, 0.5) is 5.69 Å². The van der Waals surface area contributed by atoms with Gasteiger partial charge in [0.2, 0.25) is 10.0 Å². The fraction of sp³-hybridized carbons (Fsp3) is 0.429. The van der Waals surface area contributed by atoms with Crippen LogP contribution in [-0.4, -0.2) is 28.1 Å². The molecule has 0 radical (unpaired) electrons. The molecule has 0 fully saturated rings. The summed E-state index contributed by atoms with van der Waals surface area (Å²) in [5, 5.41) is 0. The van der Waals surface area contributed by atoms with E-state index in [2.05, 4.69) is 48.7 Å². The highest BCUT2D eigenvalue weighted by molar-refractivity contribution is 7.89. The highest BCUT2D eigenvalue weighted by atomic mass is 32.2. The Balaban J connectivity index is 1.81. The van der Waals surface area contributed by atoms with Gasteiger partial charge >= 0.3 is 0 Å². The summed E-state index contributed by atoms with van der Waals surface area (Å²) in [7, 11) is -1.44. The van der Waals surface area contributed by atoms with Gasteiger partial charge in [0, 0.05) is 25.3 Å². The number of rotatable bonds is 4. The first-order valence-electron chi connectivity index (χ1n) is 9.17. The summed E-state index contributed by atoms with van der Waals surface area (Å²) in [6.45, 7) is 6.81. The normalized spacial score (nSPS) is 23.4. The maximum atomic E-state index is 12.7. The lowest BCUT2D eigenvalue weighted by Gasteiger charge is -2.33. The van der Waals surface area contributed by atoms with E-state index in [0.29, 0.717) is 23.3 Å². The summed E-state index contributed by atoms with van der Waals surface area (Å²) in [4.78, 5) is 2.56. The van der Waals surface area contributed by atoms with Gasteiger partial charge in [0.25, 0.3) is 0 Å². The average Bonchev–Trinajstić information content (AvgIpc) is 2.69. The SMILES string of the molecule is Cc1ccc(S(=O)(=O)NC[C@@H]2[C@H](C)CC(C)c3ccccc3N2C)cc1. The number of likely N-dealkylation sites (N-methyl/N-ethyl adjacent to an activating group) is 1. The first kappa shape index (κ1) is 18.9. The second-order valence-electron chi connectivity index (χ2n) is 7.52. The zero-order valence-corrected chi connectivity index (χ0v) is 16.8. The number of hydrogen-bond acceptors (Lipinski definition) is 3. The lowest BCUT2D eigenvalue weighted by atomic mass is 9.89. The first-order valence-corrected chi connectivity index (χ1v) is 10.7. The Morgan fingerprint density at radius 1 is 1.08 bits per heavy atom. The van der Waals surface area contributed by atoms with Crippen molar-refractivity contribution in [3.05, 3.63) is 59.7 Å². The lowest BCUT2D eigenvalue weighted by Crippen LogP contribution is -2.45. The molecular formula is C21H28N2O2S. The Kier molecular flexibility index (Phi) is 5.39. The molecule has 3 atom stereocenters. The number of aryl methyl sites for hydroxylation is 1. The Morgan fingerprint density at radius 3 is 2.42 bits per heavy atom. The number of benzene rings is 2. The van der Waals surface area contributed by atoms with E-state index in [0.717, 1.165) is 12.0 Å². The van der Waals surface area contributed by atoms with Crippen molar-refractivity contribution in [3.8, 4) is 0 Å². The molecule has 5 heteroatoms. The third kappa shape index (κ3) is 3.79. The van der Waals surface area contributed by atoms with Crippen molar-refractivity contribution in [2.45, 2.75) is 44.0 Å². The monoisotopic (exact) mass is 372 g/mol. The fourth-order valence-electron chi connectivity index (χ4n) is 3.96. The molecule has 2 aromatic carbocycles. The number of para-hydroxylation sites is 1. The van der Waals surface area contributed by atoms with Crippen LogP contribution in [0.2, 0.25) is 0 Å². The van der Waals surface area contributed by atoms with E-state index in [9.17, 15) is 8.42 Å². The van der Waals surface area contributed by atoms with E-state index in [4.69, 9.17) is 0 Å². The Labute approximate surface area is 157 Å². The molecule has 0 aliphatic carbocycles. The summed E-state index contributed by atoms with van der Waals surface area (Å²) in [5.74, 6) is 0.838. The molecule has 0 amide bonds. The summed E-state index contributed by atoms with van der Waals surface area (Å²) in [6, 6.07) is 15.5. The van der Waals surface area contributed by atoms with Crippen molar-refractivity contribution in [3.63, 3.8) is 0 Å². The Hall–Kier alpha value is -1.85. The smallest absolute Gasteiger partial charge is 0.240 e. The van der Waals surface area contributed by atoms with E-state index < -0.39 is 10.0 Å². The molecule has 3 rings (SSSR count). The minimum Gasteiger partial charge on any atom is -0.370 e. The average molecular weight is 373 g/mol. The molecule has 1 N–H and O–H groups in total. The van der Waals surface area contributed by atoms with E-state index in [1.165, 1.54) is 11.3 Å². The number of hydrogen-bond donors (Lipinski definition) is 1. The molecule has 0 saturated heterocycles. The summed E-state index contributed by atoms with van der Waals surface area (Å²) < 4.78 is 28.2. The van der Waals surface area contributed by atoms with Crippen LogP contribution in [-0.2, 0) is 10.0 Å². The van der Waals surface area contributed by atoms with Gasteiger partial charge in [-0.3, -0.25) is 0 Å². The molecular weight excluding hydrogens is 344 g/mol. The number of fused-ring (bicyclic) bond motifs is 1. The van der Waals surface area contributed by atoms with Crippen molar-refractivity contribution in [1.29, 1.82) is 0 Å². The van der Waals surface area contributed by atoms with Gasteiger partial charge in [-0.1, -0.05) is 49.7 Å². The van der Waals surface area contributed by atoms with Crippen LogP contribution in [0.25, 0.3) is 0 Å². The predicted octanol–water partition coefficient (Wildman–Crippen LogP) is 3.92. The molecule has 1 aliphatic rings. The number of nitrogens with zero attached hydrogens (tertiary/aromatic N) is 1. The number of anilines is 1. The van der Waals surface area contributed by atoms with Gasteiger partial charge in [0.1, 0.15) is 0 Å². The quantitative estimate of drug-likeness (QED) is 0.885. The van der Waals surface area contributed by atoms with Gasteiger partial charge < -0.3 is 4.90 Å². The minimum atomic E-state index is -3.50. The fourth-order valence-corrected chi connectivity index (χ4v) is 5.01. The molecule has 4 nitrogen and oxygen atoms in total. The highest BCUT2D eigenvalue weighted by Gasteiger charge is 2.31. The Bertz CT molecular complexity index is 862. The second kappa shape index (κ2) is 7.41. The van der Waals surface area contributed by atoms with Crippen LogP contribution in [0.5, 0.6) is 0 Å². The van der Waals surface area contributed by atoms with Crippen LogP contribution in [0.15, 0.2) is 53.4 Å². The van der Waals surface area contributed by atoms with Crippen molar-refractivity contribution in [1.82, 2.24) is 4.72 Å². The molecule has 1 heterocycles. The molecule has 2 aromatic rings. The largest absolute Gasteiger partial charge is 0.370 e. The van der Waals surface area contributed by atoms with Crippen molar-refractivity contribution < 1.29 is 8.42 Å². The van der Waals surface area contributed by atoms with Crippen molar-refractivity contribution in [2.24, 2.45) is 5.92 Å². The standard InChI is InChI=1S/C21H28N2O2S/c1-15-9-11-18(12-10-15)26(24,25)22-14-21-17(3)13-16(2)19-7-5-6-8-20(19)23(21)4/h5-12,16-17,21-22H,13-14H2,1-4H3/t16?,17-,21-/m1/s1. The van der Waals surface area contributed by atoms with Gasteiger partial charge in [0.15, 0.2) is 0 Å². The molecule has 0 spiro atoms. The minimum absolute atomic E-state index is 0.112. The van der Waals surface area contributed by atoms with E-state index in [1.807, 2.05) is 25.1 Å². The molecule has 0 saturated carbocycles. The summed E-state index contributed by atoms with van der Waals surface area (Å²) in [5.41, 5.74) is 3.58. The second-order valence-corrected chi connectivity index (χ2v) is 9.28. The van der Waals surface area contributed by atoms with Gasteiger partial charge in [-0.05, 0) is 48.9 Å². The lowest BCUT2D eigenvalue weighted by molar-refractivity contribution is 0.399. The van der Waals surface area contributed by atoms with Gasteiger partial charge in [-0.2, -0.15) is 0 Å². The van der Waals surface area contributed by atoms with Crippen LogP contribution in [0.1, 0.15) is 37.3 Å². The topological polar surface area (TPSA) is 49.4 Å². The first-order chi connectivity index (χ1) is 12.3. The van der Waals surface area contributed by atoms with Crippen molar-refractivity contribution >= 4 is 15.7 Å². The van der Waals surface area contributed by atoms with Gasteiger partial charge in [-0.25, -0.2) is 13.1 Å². The third-order valence-electron chi connectivity index (χ3n) is 5.54. The number of nitrogens with one attached hydrogen (secondary N) is 1. The van der Waals surface area contributed by atoms with Crippen LogP contribution in [0, 0.1) is 12.8 Å².